The second-order valence-electron chi connectivity index (χ2n) is 8.80. The van der Waals surface area contributed by atoms with Crippen LogP contribution < -0.4 is 10.1 Å². The number of anilines is 1. The molecule has 0 unspecified atom stereocenters. The van der Waals surface area contributed by atoms with E-state index in [1.165, 1.54) is 0 Å². The van der Waals surface area contributed by atoms with Crippen LogP contribution in [0.1, 0.15) is 47.6 Å². The third-order valence-corrected chi connectivity index (χ3v) is 6.57. The Bertz CT molecular complexity index is 1340. The van der Waals surface area contributed by atoms with Gasteiger partial charge < -0.3 is 14.4 Å². The first kappa shape index (κ1) is 22.1. The van der Waals surface area contributed by atoms with E-state index >= 15 is 0 Å². The maximum atomic E-state index is 13.3. The van der Waals surface area contributed by atoms with Gasteiger partial charge in [0, 0.05) is 23.4 Å². The number of carbonyl (C=O) groups is 1. The monoisotopic (exact) mass is 456 g/mol. The molecule has 2 N–H and O–H groups in total. The highest BCUT2D eigenvalue weighted by Crippen LogP contribution is 2.35. The normalized spacial score (nSPS) is 18.1. The van der Waals surface area contributed by atoms with Gasteiger partial charge in [-0.2, -0.15) is 0 Å². The van der Waals surface area contributed by atoms with Crippen LogP contribution in [0, 0.1) is 6.92 Å². The molecular weight excluding hydrogens is 428 g/mol. The summed E-state index contributed by atoms with van der Waals surface area (Å²) in [5.74, 6) is 1.02. The van der Waals surface area contributed by atoms with E-state index in [1.54, 1.807) is 25.4 Å². The van der Waals surface area contributed by atoms with Crippen molar-refractivity contribution in [2.24, 2.45) is 0 Å². The minimum absolute atomic E-state index is 0.177. The third-order valence-electron chi connectivity index (χ3n) is 6.57. The number of aliphatic hydroxyl groups excluding tert-OH is 1. The largest absolute Gasteiger partial charge is 0.496 e. The van der Waals surface area contributed by atoms with Crippen molar-refractivity contribution in [3.63, 3.8) is 0 Å². The Kier molecular flexibility index (Phi) is 6.02. The fraction of sp³-hybridized carbons (Fsp3) is 0.296. The first-order chi connectivity index (χ1) is 16.5. The smallest absolute Gasteiger partial charge is 0.258 e. The Morgan fingerprint density at radius 1 is 1.09 bits per heavy atom. The SMILES string of the molecule is COc1c(C)cccc1-c1cc(C(=O)Nc2nc3ccccc3n2C2CCC(O)CC2)ccn1. The van der Waals surface area contributed by atoms with Crippen LogP contribution in [-0.4, -0.2) is 38.8 Å². The van der Waals surface area contributed by atoms with Crippen LogP contribution in [0.3, 0.4) is 0 Å². The van der Waals surface area contributed by atoms with Gasteiger partial charge in [0.05, 0.1) is 29.9 Å². The maximum absolute atomic E-state index is 13.3. The number of imidazole rings is 1. The second kappa shape index (κ2) is 9.27. The number of methoxy groups -OCH3 is 1. The summed E-state index contributed by atoms with van der Waals surface area (Å²) < 4.78 is 7.69. The lowest BCUT2D eigenvalue weighted by Gasteiger charge is -2.28. The van der Waals surface area contributed by atoms with Gasteiger partial charge in [0.1, 0.15) is 5.75 Å². The fourth-order valence-electron chi connectivity index (χ4n) is 4.84. The van der Waals surface area contributed by atoms with Crippen molar-refractivity contribution >= 4 is 22.9 Å². The molecule has 2 aromatic carbocycles. The van der Waals surface area contributed by atoms with Gasteiger partial charge in [0.2, 0.25) is 5.95 Å². The number of hydrogen-bond donors (Lipinski definition) is 2. The zero-order valence-corrected chi connectivity index (χ0v) is 19.4. The first-order valence-electron chi connectivity index (χ1n) is 11.6. The number of para-hydroxylation sites is 3. The topological polar surface area (TPSA) is 89.3 Å². The zero-order valence-electron chi connectivity index (χ0n) is 19.4. The number of benzene rings is 2. The predicted molar refractivity (Wildman–Crippen MR) is 132 cm³/mol. The number of pyridine rings is 1. The number of nitrogens with zero attached hydrogens (tertiary/aromatic N) is 3. The Morgan fingerprint density at radius 2 is 1.88 bits per heavy atom. The summed E-state index contributed by atoms with van der Waals surface area (Å²) in [6, 6.07) is 17.4. The summed E-state index contributed by atoms with van der Waals surface area (Å²) in [4.78, 5) is 22.5. The molecule has 34 heavy (non-hydrogen) atoms. The van der Waals surface area contributed by atoms with Crippen LogP contribution >= 0.6 is 0 Å². The van der Waals surface area contributed by atoms with Gasteiger partial charge in [0.15, 0.2) is 0 Å². The number of hydrogen-bond acceptors (Lipinski definition) is 5. The molecule has 1 amide bonds. The Balaban J connectivity index is 1.48. The van der Waals surface area contributed by atoms with Crippen molar-refractivity contribution in [2.45, 2.75) is 44.8 Å². The third kappa shape index (κ3) is 4.15. The molecule has 0 spiro atoms. The Labute approximate surface area is 198 Å². The summed E-state index contributed by atoms with van der Waals surface area (Å²) in [6.07, 6.45) is 4.57. The molecule has 1 aliphatic carbocycles. The van der Waals surface area contributed by atoms with E-state index in [1.807, 2.05) is 49.4 Å². The van der Waals surface area contributed by atoms with Crippen molar-refractivity contribution in [2.75, 3.05) is 12.4 Å². The van der Waals surface area contributed by atoms with Gasteiger partial charge in [-0.3, -0.25) is 15.1 Å². The molecule has 0 bridgehead atoms. The summed E-state index contributed by atoms with van der Waals surface area (Å²) in [5.41, 5.74) is 4.82. The molecule has 7 heteroatoms. The lowest BCUT2D eigenvalue weighted by atomic mass is 9.93. The number of ether oxygens (including phenoxy) is 1. The number of fused-ring (bicyclic) bond motifs is 1. The van der Waals surface area contributed by atoms with Gasteiger partial charge in [-0.15, -0.1) is 0 Å². The summed E-state index contributed by atoms with van der Waals surface area (Å²) in [5, 5.41) is 13.0. The molecule has 4 aromatic rings. The summed E-state index contributed by atoms with van der Waals surface area (Å²) in [7, 11) is 1.64. The van der Waals surface area contributed by atoms with Gasteiger partial charge >= 0.3 is 0 Å². The van der Waals surface area contributed by atoms with E-state index in [2.05, 4.69) is 14.9 Å². The average Bonchev–Trinajstić information content (AvgIpc) is 3.22. The van der Waals surface area contributed by atoms with Gasteiger partial charge in [-0.1, -0.05) is 24.3 Å². The minimum atomic E-state index is -0.252. The molecule has 0 saturated heterocycles. The number of rotatable bonds is 5. The average molecular weight is 457 g/mol. The number of aliphatic hydroxyl groups is 1. The van der Waals surface area contributed by atoms with Gasteiger partial charge in [-0.25, -0.2) is 4.98 Å². The number of aromatic nitrogens is 3. The van der Waals surface area contributed by atoms with E-state index < -0.39 is 0 Å². The van der Waals surface area contributed by atoms with E-state index in [-0.39, 0.29) is 18.1 Å². The predicted octanol–water partition coefficient (Wildman–Crippen LogP) is 5.14. The van der Waals surface area contributed by atoms with Crippen LogP contribution in [0.4, 0.5) is 5.95 Å². The van der Waals surface area contributed by atoms with E-state index in [9.17, 15) is 9.90 Å². The molecule has 0 aliphatic heterocycles. The lowest BCUT2D eigenvalue weighted by Crippen LogP contribution is -2.23. The second-order valence-corrected chi connectivity index (χ2v) is 8.80. The van der Waals surface area contributed by atoms with Crippen LogP contribution in [0.5, 0.6) is 5.75 Å². The zero-order chi connectivity index (χ0) is 23.7. The number of aryl methyl sites for hydroxylation is 1. The Morgan fingerprint density at radius 3 is 2.68 bits per heavy atom. The standard InChI is InChI=1S/C27H28N4O3/c1-17-6-5-7-21(25(17)34-2)23-16-18(14-15-28-23)26(33)30-27-29-22-8-3-4-9-24(22)31(27)19-10-12-20(32)13-11-19/h3-9,14-16,19-20,32H,10-13H2,1-2H3,(H,29,30,33). The molecule has 174 valence electrons. The van der Waals surface area contributed by atoms with Crippen LogP contribution in [-0.2, 0) is 0 Å². The van der Waals surface area contributed by atoms with Crippen LogP contribution in [0.15, 0.2) is 60.8 Å². The minimum Gasteiger partial charge on any atom is -0.496 e. The van der Waals surface area contributed by atoms with Gasteiger partial charge in [-0.05, 0) is 68.5 Å². The van der Waals surface area contributed by atoms with E-state index in [4.69, 9.17) is 9.72 Å². The molecule has 1 fully saturated rings. The molecular formula is C27H28N4O3. The molecule has 2 aromatic heterocycles. The van der Waals surface area contributed by atoms with Gasteiger partial charge in [0.25, 0.3) is 5.91 Å². The van der Waals surface area contributed by atoms with Crippen LogP contribution in [0.2, 0.25) is 0 Å². The summed E-state index contributed by atoms with van der Waals surface area (Å²) >= 11 is 0. The molecule has 5 rings (SSSR count). The highest BCUT2D eigenvalue weighted by Gasteiger charge is 2.26. The van der Waals surface area contributed by atoms with Crippen molar-refractivity contribution in [1.82, 2.24) is 14.5 Å². The fourth-order valence-corrected chi connectivity index (χ4v) is 4.84. The molecule has 0 radical (unpaired) electrons. The van der Waals surface area contributed by atoms with Crippen molar-refractivity contribution < 1.29 is 14.6 Å². The quantitative estimate of drug-likeness (QED) is 0.434. The molecule has 0 atom stereocenters. The Hall–Kier alpha value is -3.71. The number of amides is 1. The van der Waals surface area contributed by atoms with Crippen molar-refractivity contribution in [3.8, 4) is 17.0 Å². The van der Waals surface area contributed by atoms with Crippen molar-refractivity contribution in [1.29, 1.82) is 0 Å². The van der Waals surface area contributed by atoms with E-state index in [0.717, 1.165) is 53.6 Å². The first-order valence-corrected chi connectivity index (χ1v) is 11.6. The van der Waals surface area contributed by atoms with E-state index in [0.29, 0.717) is 17.2 Å². The maximum Gasteiger partial charge on any atom is 0.258 e. The number of carbonyl (C=O) groups excluding carboxylic acids is 1. The summed E-state index contributed by atoms with van der Waals surface area (Å²) in [6.45, 7) is 1.98. The van der Waals surface area contributed by atoms with Crippen molar-refractivity contribution in [3.05, 3.63) is 71.9 Å². The molecule has 2 heterocycles. The number of nitrogens with one attached hydrogen (secondary N) is 1. The lowest BCUT2D eigenvalue weighted by molar-refractivity contribution is 0.102. The molecule has 1 aliphatic rings. The highest BCUT2D eigenvalue weighted by molar-refractivity contribution is 6.04. The molecule has 7 nitrogen and oxygen atoms in total. The van der Waals surface area contributed by atoms with Crippen LogP contribution in [0.25, 0.3) is 22.3 Å². The highest BCUT2D eigenvalue weighted by atomic mass is 16.5. The molecule has 1 saturated carbocycles.